The van der Waals surface area contributed by atoms with E-state index in [4.69, 9.17) is 9.15 Å². The topological polar surface area (TPSA) is 59.8 Å². The van der Waals surface area contributed by atoms with Crippen molar-refractivity contribution < 1.29 is 13.9 Å². The van der Waals surface area contributed by atoms with Gasteiger partial charge < -0.3 is 14.1 Å². The number of carbonyl (C=O) groups excluding carboxylic acids is 1. The van der Waals surface area contributed by atoms with Crippen LogP contribution in [0.5, 0.6) is 5.75 Å². The van der Waals surface area contributed by atoms with Gasteiger partial charge in [-0.15, -0.1) is 0 Å². The van der Waals surface area contributed by atoms with Gasteiger partial charge in [-0.25, -0.2) is 4.79 Å². The summed E-state index contributed by atoms with van der Waals surface area (Å²) in [4.78, 5) is 26.8. The van der Waals surface area contributed by atoms with E-state index in [1.807, 2.05) is 44.2 Å². The zero-order valence-corrected chi connectivity index (χ0v) is 14.9. The molecule has 26 heavy (non-hydrogen) atoms. The summed E-state index contributed by atoms with van der Waals surface area (Å²) in [6, 6.07) is 16.1. The molecule has 0 spiro atoms. The van der Waals surface area contributed by atoms with Gasteiger partial charge in [0.15, 0.2) is 0 Å². The summed E-state index contributed by atoms with van der Waals surface area (Å²) in [5.74, 6) is 0.265. The van der Waals surface area contributed by atoms with Crippen LogP contribution >= 0.6 is 0 Å². The summed E-state index contributed by atoms with van der Waals surface area (Å²) < 4.78 is 10.9. The van der Waals surface area contributed by atoms with E-state index in [0.717, 1.165) is 12.1 Å². The second kappa shape index (κ2) is 7.87. The molecule has 1 amide bonds. The Kier molecular flexibility index (Phi) is 5.37. The molecule has 0 aliphatic rings. The van der Waals surface area contributed by atoms with E-state index in [1.165, 1.54) is 0 Å². The summed E-state index contributed by atoms with van der Waals surface area (Å²) in [6.45, 7) is 4.93. The second-order valence-electron chi connectivity index (χ2n) is 5.88. The summed E-state index contributed by atoms with van der Waals surface area (Å²) in [5, 5.41) is 0.681. The van der Waals surface area contributed by atoms with Crippen molar-refractivity contribution in [1.82, 2.24) is 0 Å². The molecule has 0 radical (unpaired) electrons. The number of anilines is 1. The lowest BCUT2D eigenvalue weighted by atomic mass is 10.1. The average molecular weight is 351 g/mol. The Bertz CT molecular complexity index is 963. The maximum absolute atomic E-state index is 12.9. The van der Waals surface area contributed by atoms with Crippen LogP contribution in [0.3, 0.4) is 0 Å². The molecule has 0 unspecified atom stereocenters. The quantitative estimate of drug-likeness (QED) is 0.623. The molecule has 5 heteroatoms. The highest BCUT2D eigenvalue weighted by molar-refractivity contribution is 6.07. The van der Waals surface area contributed by atoms with Crippen LogP contribution in [-0.2, 0) is 0 Å². The fourth-order valence-electron chi connectivity index (χ4n) is 2.75. The second-order valence-corrected chi connectivity index (χ2v) is 5.88. The molecule has 5 nitrogen and oxygen atoms in total. The standard InChI is InChI=1S/C21H21NO4/c1-3-12-25-17-11-10-15-13-18(21(24)26-19(15)14-17)20(23)22(4-2)16-8-6-5-7-9-16/h5-11,13-14H,3-4,12H2,1-2H3. The van der Waals surface area contributed by atoms with Crippen molar-refractivity contribution in [3.05, 3.63) is 70.6 Å². The molecule has 3 rings (SSSR count). The molecule has 2 aromatic carbocycles. The van der Waals surface area contributed by atoms with E-state index < -0.39 is 5.63 Å². The Balaban J connectivity index is 1.98. The first-order valence-corrected chi connectivity index (χ1v) is 8.71. The first-order valence-electron chi connectivity index (χ1n) is 8.71. The van der Waals surface area contributed by atoms with E-state index in [-0.39, 0.29) is 11.5 Å². The minimum atomic E-state index is -0.649. The summed E-state index contributed by atoms with van der Waals surface area (Å²) in [5.41, 5.74) is 0.515. The van der Waals surface area contributed by atoms with Crippen LogP contribution in [-0.4, -0.2) is 19.1 Å². The third kappa shape index (κ3) is 3.61. The lowest BCUT2D eigenvalue weighted by Gasteiger charge is -2.20. The van der Waals surface area contributed by atoms with Crippen molar-refractivity contribution in [2.75, 3.05) is 18.1 Å². The van der Waals surface area contributed by atoms with E-state index >= 15 is 0 Å². The predicted octanol–water partition coefficient (Wildman–Crippen LogP) is 4.25. The van der Waals surface area contributed by atoms with Crippen LogP contribution < -0.4 is 15.3 Å². The van der Waals surface area contributed by atoms with Crippen LogP contribution in [0.2, 0.25) is 0 Å². The lowest BCUT2D eigenvalue weighted by Crippen LogP contribution is -2.33. The van der Waals surface area contributed by atoms with Crippen molar-refractivity contribution >= 4 is 22.6 Å². The number of carbonyl (C=O) groups is 1. The number of nitrogens with zero attached hydrogens (tertiary/aromatic N) is 1. The maximum Gasteiger partial charge on any atom is 0.349 e. The van der Waals surface area contributed by atoms with Gasteiger partial charge >= 0.3 is 5.63 Å². The highest BCUT2D eigenvalue weighted by Crippen LogP contribution is 2.22. The molecule has 0 bridgehead atoms. The number of benzene rings is 2. The van der Waals surface area contributed by atoms with Crippen LogP contribution in [0.15, 0.2) is 63.8 Å². The summed E-state index contributed by atoms with van der Waals surface area (Å²) >= 11 is 0. The van der Waals surface area contributed by atoms with Gasteiger partial charge in [-0.05, 0) is 43.7 Å². The third-order valence-corrected chi connectivity index (χ3v) is 4.04. The third-order valence-electron chi connectivity index (χ3n) is 4.04. The lowest BCUT2D eigenvalue weighted by molar-refractivity contribution is 0.0985. The Morgan fingerprint density at radius 2 is 1.85 bits per heavy atom. The van der Waals surface area contributed by atoms with Crippen LogP contribution in [0.4, 0.5) is 5.69 Å². The average Bonchev–Trinajstić information content (AvgIpc) is 2.67. The molecule has 3 aromatic rings. The Morgan fingerprint density at radius 3 is 2.54 bits per heavy atom. The normalized spacial score (nSPS) is 10.7. The highest BCUT2D eigenvalue weighted by Gasteiger charge is 2.21. The molecular weight excluding hydrogens is 330 g/mol. The van der Waals surface area contributed by atoms with Crippen LogP contribution in [0.1, 0.15) is 30.6 Å². The molecule has 134 valence electrons. The number of fused-ring (bicyclic) bond motifs is 1. The van der Waals surface area contributed by atoms with Crippen molar-refractivity contribution in [2.24, 2.45) is 0 Å². The monoisotopic (exact) mass is 351 g/mol. The van der Waals surface area contributed by atoms with Gasteiger partial charge in [0.25, 0.3) is 5.91 Å². The van der Waals surface area contributed by atoms with Gasteiger partial charge in [0.1, 0.15) is 16.9 Å². The van der Waals surface area contributed by atoms with E-state index in [1.54, 1.807) is 29.2 Å². The molecular formula is C21H21NO4. The van der Waals surface area contributed by atoms with Crippen molar-refractivity contribution in [3.63, 3.8) is 0 Å². The highest BCUT2D eigenvalue weighted by atomic mass is 16.5. The van der Waals surface area contributed by atoms with E-state index in [2.05, 4.69) is 0 Å². The van der Waals surface area contributed by atoms with Gasteiger partial charge in [-0.2, -0.15) is 0 Å². The molecule has 0 atom stereocenters. The molecule has 1 aromatic heterocycles. The zero-order chi connectivity index (χ0) is 18.5. The van der Waals surface area contributed by atoms with Crippen molar-refractivity contribution in [3.8, 4) is 5.75 Å². The minimum absolute atomic E-state index is 0.0189. The number of para-hydroxylation sites is 1. The Hall–Kier alpha value is -3.08. The fraction of sp³-hybridized carbons (Fsp3) is 0.238. The first kappa shape index (κ1) is 17.7. The fourth-order valence-corrected chi connectivity index (χ4v) is 2.75. The van der Waals surface area contributed by atoms with Crippen LogP contribution in [0.25, 0.3) is 11.0 Å². The number of ether oxygens (including phenoxy) is 1. The largest absolute Gasteiger partial charge is 0.493 e. The molecule has 0 aliphatic heterocycles. The summed E-state index contributed by atoms with van der Waals surface area (Å²) in [7, 11) is 0. The molecule has 0 N–H and O–H groups in total. The number of amides is 1. The molecule has 0 fully saturated rings. The molecule has 1 heterocycles. The SMILES string of the molecule is CCCOc1ccc2cc(C(=O)N(CC)c3ccccc3)c(=O)oc2c1. The first-order chi connectivity index (χ1) is 12.6. The summed E-state index contributed by atoms with van der Waals surface area (Å²) in [6.07, 6.45) is 0.891. The number of hydrogen-bond donors (Lipinski definition) is 0. The smallest absolute Gasteiger partial charge is 0.349 e. The Labute approximate surface area is 151 Å². The van der Waals surface area contributed by atoms with Crippen LogP contribution in [0, 0.1) is 0 Å². The maximum atomic E-state index is 12.9. The molecule has 0 saturated carbocycles. The molecule has 0 saturated heterocycles. The van der Waals surface area contributed by atoms with Gasteiger partial charge in [-0.3, -0.25) is 4.79 Å². The zero-order valence-electron chi connectivity index (χ0n) is 14.9. The predicted molar refractivity (Wildman–Crippen MR) is 102 cm³/mol. The van der Waals surface area contributed by atoms with Gasteiger partial charge in [-0.1, -0.05) is 25.1 Å². The van der Waals surface area contributed by atoms with Gasteiger partial charge in [0, 0.05) is 23.7 Å². The number of rotatable bonds is 6. The van der Waals surface area contributed by atoms with E-state index in [0.29, 0.717) is 29.9 Å². The van der Waals surface area contributed by atoms with Crippen molar-refractivity contribution in [2.45, 2.75) is 20.3 Å². The number of hydrogen-bond acceptors (Lipinski definition) is 4. The Morgan fingerprint density at radius 1 is 1.08 bits per heavy atom. The van der Waals surface area contributed by atoms with Gasteiger partial charge in [0.05, 0.1) is 6.61 Å². The van der Waals surface area contributed by atoms with E-state index in [9.17, 15) is 9.59 Å². The minimum Gasteiger partial charge on any atom is -0.493 e. The molecule has 0 aliphatic carbocycles. The van der Waals surface area contributed by atoms with Gasteiger partial charge in [0.2, 0.25) is 0 Å². The van der Waals surface area contributed by atoms with Crippen molar-refractivity contribution in [1.29, 1.82) is 0 Å².